The van der Waals surface area contributed by atoms with Crippen LogP contribution in [0.5, 0.6) is 5.75 Å². The number of unbranched alkanes of at least 4 members (excludes halogenated alkanes) is 1. The number of carbonyl (C=O) groups excluding carboxylic acids is 1. The van der Waals surface area contributed by atoms with Gasteiger partial charge in [-0.2, -0.15) is 0 Å². The number of nitrogens with zero attached hydrogens (tertiary/aromatic N) is 2. The van der Waals surface area contributed by atoms with E-state index in [1.807, 2.05) is 6.92 Å². The van der Waals surface area contributed by atoms with Crippen molar-refractivity contribution in [2.75, 3.05) is 51.9 Å². The molecule has 2 atom stereocenters. The van der Waals surface area contributed by atoms with Crippen LogP contribution >= 0.6 is 0 Å². The first-order valence-electron chi connectivity index (χ1n) is 14.5. The predicted molar refractivity (Wildman–Crippen MR) is 150 cm³/mol. The Bertz CT molecular complexity index is 1170. The number of nitrogens with one attached hydrogen (secondary N) is 1. The molecule has 0 saturated carbocycles. The summed E-state index contributed by atoms with van der Waals surface area (Å²) in [5.41, 5.74) is 3.40. The number of aromatic nitrogens is 1. The zero-order valence-corrected chi connectivity index (χ0v) is 24.0. The van der Waals surface area contributed by atoms with Gasteiger partial charge in [0.05, 0.1) is 39.1 Å². The van der Waals surface area contributed by atoms with E-state index in [-0.39, 0.29) is 23.3 Å². The molecule has 0 spiro atoms. The van der Waals surface area contributed by atoms with Crippen LogP contribution in [0.4, 0.5) is 10.2 Å². The van der Waals surface area contributed by atoms with Gasteiger partial charge < -0.3 is 24.3 Å². The molecule has 8 nitrogen and oxygen atoms in total. The minimum atomic E-state index is -0.521. The van der Waals surface area contributed by atoms with E-state index < -0.39 is 6.04 Å². The molecule has 1 aromatic heterocycles. The van der Waals surface area contributed by atoms with Gasteiger partial charge in [0.25, 0.3) is 0 Å². The molecule has 1 N–H and O–H groups in total. The van der Waals surface area contributed by atoms with E-state index in [0.29, 0.717) is 38.5 Å². The molecule has 0 radical (unpaired) electrons. The molecule has 218 valence electrons. The highest BCUT2D eigenvalue weighted by atomic mass is 19.1. The van der Waals surface area contributed by atoms with E-state index >= 15 is 0 Å². The van der Waals surface area contributed by atoms with Crippen LogP contribution in [0.3, 0.4) is 0 Å². The van der Waals surface area contributed by atoms with E-state index in [4.69, 9.17) is 23.9 Å². The number of anilines is 1. The lowest BCUT2D eigenvalue weighted by atomic mass is 9.96. The highest BCUT2D eigenvalue weighted by Crippen LogP contribution is 2.33. The average Bonchev–Trinajstić information content (AvgIpc) is 3.39. The maximum absolute atomic E-state index is 14.3. The summed E-state index contributed by atoms with van der Waals surface area (Å²) in [6.45, 7) is 7.95. The van der Waals surface area contributed by atoms with E-state index in [1.165, 1.54) is 17.7 Å². The smallest absolute Gasteiger partial charge is 0.151 e. The maximum atomic E-state index is 14.3. The van der Waals surface area contributed by atoms with Gasteiger partial charge in [0, 0.05) is 43.6 Å². The Labute approximate surface area is 236 Å². The fourth-order valence-corrected chi connectivity index (χ4v) is 5.90. The lowest BCUT2D eigenvalue weighted by molar-refractivity contribution is -0.204. The predicted octanol–water partition coefficient (Wildman–Crippen LogP) is 4.64. The minimum Gasteiger partial charge on any atom is -0.496 e. The Hall–Kier alpha value is -2.59. The topological polar surface area (TPSA) is 82.2 Å². The van der Waals surface area contributed by atoms with Crippen LogP contribution in [0, 0.1) is 5.82 Å². The van der Waals surface area contributed by atoms with Crippen molar-refractivity contribution in [3.05, 3.63) is 52.5 Å². The van der Waals surface area contributed by atoms with Gasteiger partial charge in [-0.05, 0) is 75.6 Å². The first-order valence-corrected chi connectivity index (χ1v) is 14.5. The number of benzene rings is 1. The van der Waals surface area contributed by atoms with Crippen LogP contribution in [0.15, 0.2) is 24.3 Å². The Morgan fingerprint density at radius 3 is 2.90 bits per heavy atom. The van der Waals surface area contributed by atoms with Gasteiger partial charge >= 0.3 is 0 Å². The molecule has 0 aliphatic carbocycles. The van der Waals surface area contributed by atoms with Gasteiger partial charge in [-0.15, -0.1) is 0 Å². The molecular weight excluding hydrogens is 513 g/mol. The fourth-order valence-electron chi connectivity index (χ4n) is 5.90. The van der Waals surface area contributed by atoms with Gasteiger partial charge in [-0.1, -0.05) is 6.07 Å². The summed E-state index contributed by atoms with van der Waals surface area (Å²) in [6.07, 6.45) is 5.75. The Kier molecular flexibility index (Phi) is 9.35. The number of ketones is 1. The number of methoxy groups -OCH3 is 1. The number of fused-ring (bicyclic) bond motifs is 1. The van der Waals surface area contributed by atoms with E-state index in [2.05, 4.69) is 16.3 Å². The van der Waals surface area contributed by atoms with Crippen LogP contribution in [0.2, 0.25) is 0 Å². The summed E-state index contributed by atoms with van der Waals surface area (Å²) < 4.78 is 37.5. The second-order valence-corrected chi connectivity index (χ2v) is 11.5. The van der Waals surface area contributed by atoms with Crippen LogP contribution in [0.25, 0.3) is 0 Å². The van der Waals surface area contributed by atoms with Gasteiger partial charge in [0.15, 0.2) is 5.78 Å². The molecule has 2 aromatic rings. The summed E-state index contributed by atoms with van der Waals surface area (Å²) in [6, 6.07) is 6.19. The zero-order valence-electron chi connectivity index (χ0n) is 24.0. The number of likely N-dealkylation sites (tertiary alicyclic amines) is 1. The molecule has 0 unspecified atom stereocenters. The lowest BCUT2D eigenvalue weighted by Crippen LogP contribution is -2.49. The maximum Gasteiger partial charge on any atom is 0.151 e. The van der Waals surface area contributed by atoms with Gasteiger partial charge in [-0.25, -0.2) is 9.37 Å². The van der Waals surface area contributed by atoms with Gasteiger partial charge in [0.2, 0.25) is 0 Å². The highest BCUT2D eigenvalue weighted by molar-refractivity contribution is 5.83. The van der Waals surface area contributed by atoms with Crippen molar-refractivity contribution in [2.24, 2.45) is 0 Å². The third kappa shape index (κ3) is 6.82. The minimum absolute atomic E-state index is 0.00634. The molecule has 3 aliphatic heterocycles. The highest BCUT2D eigenvalue weighted by Gasteiger charge is 2.36. The molecule has 2 fully saturated rings. The standard InChI is InChI=1S/C31H42FN3O5/c1-21(36)29(27-15-23(32)10-9-22(27)18-40-31(2)19-38-20-31)35-13-11-25(17-35)39-14-5-4-7-24-16-28(37-3)26-8-6-12-33-30(26)34-24/h9-10,15-16,25,29H,4-8,11-14,17-20H2,1-3H3,(H,33,34)/t25-,29+/m1/s1. The van der Waals surface area contributed by atoms with Crippen molar-refractivity contribution in [3.63, 3.8) is 0 Å². The first-order chi connectivity index (χ1) is 19.3. The molecule has 40 heavy (non-hydrogen) atoms. The largest absolute Gasteiger partial charge is 0.496 e. The third-order valence-electron chi connectivity index (χ3n) is 8.15. The molecule has 3 aliphatic rings. The van der Waals surface area contributed by atoms with E-state index in [9.17, 15) is 9.18 Å². The van der Waals surface area contributed by atoms with Gasteiger partial charge in [0.1, 0.15) is 23.0 Å². The Morgan fingerprint density at radius 2 is 2.15 bits per heavy atom. The van der Waals surface area contributed by atoms with Crippen LogP contribution in [0.1, 0.15) is 68.0 Å². The van der Waals surface area contributed by atoms with Crippen molar-refractivity contribution in [1.82, 2.24) is 9.88 Å². The number of rotatable bonds is 13. The number of hydrogen-bond acceptors (Lipinski definition) is 8. The van der Waals surface area contributed by atoms with Crippen molar-refractivity contribution in [2.45, 2.75) is 76.7 Å². The van der Waals surface area contributed by atoms with Crippen LogP contribution < -0.4 is 10.1 Å². The molecular formula is C31H42FN3O5. The molecule has 1 aromatic carbocycles. The third-order valence-corrected chi connectivity index (χ3v) is 8.15. The van der Waals surface area contributed by atoms with Crippen molar-refractivity contribution >= 4 is 11.6 Å². The van der Waals surface area contributed by atoms with Gasteiger partial charge in [-0.3, -0.25) is 9.69 Å². The summed E-state index contributed by atoms with van der Waals surface area (Å²) in [4.78, 5) is 19.8. The normalized spacial score (nSPS) is 20.9. The van der Waals surface area contributed by atoms with Crippen LogP contribution in [-0.4, -0.2) is 73.9 Å². The van der Waals surface area contributed by atoms with Crippen LogP contribution in [-0.2, 0) is 38.5 Å². The summed E-state index contributed by atoms with van der Waals surface area (Å²) >= 11 is 0. The number of carbonyl (C=O) groups is 1. The van der Waals surface area contributed by atoms with Crippen molar-refractivity contribution in [1.29, 1.82) is 0 Å². The number of aryl methyl sites for hydroxylation is 1. The SMILES string of the molecule is COc1cc(CCCCO[C@@H]2CCN([C@@H](C(C)=O)c3cc(F)ccc3COC3(C)COC3)C2)nc2c1CCCN2. The number of Topliss-reactive ketones (excluding diaryl/α,β-unsaturated/α-hetero) is 1. The molecule has 4 heterocycles. The second kappa shape index (κ2) is 12.9. The lowest BCUT2D eigenvalue weighted by Gasteiger charge is -2.38. The van der Waals surface area contributed by atoms with E-state index in [0.717, 1.165) is 74.4 Å². The molecule has 5 rings (SSSR count). The molecule has 0 amide bonds. The monoisotopic (exact) mass is 555 g/mol. The second-order valence-electron chi connectivity index (χ2n) is 11.5. The summed E-state index contributed by atoms with van der Waals surface area (Å²) in [7, 11) is 1.72. The zero-order chi connectivity index (χ0) is 28.1. The number of halogens is 1. The molecule has 0 bridgehead atoms. The quantitative estimate of drug-likeness (QED) is 0.358. The summed E-state index contributed by atoms with van der Waals surface area (Å²) in [5.74, 6) is 1.53. The number of pyridine rings is 1. The summed E-state index contributed by atoms with van der Waals surface area (Å²) in [5, 5.41) is 3.40. The first kappa shape index (κ1) is 28.9. The molecule has 9 heteroatoms. The van der Waals surface area contributed by atoms with Crippen molar-refractivity contribution in [3.8, 4) is 5.75 Å². The number of ether oxygens (including phenoxy) is 4. The Balaban J connectivity index is 1.12. The van der Waals surface area contributed by atoms with Crippen molar-refractivity contribution < 1.29 is 28.1 Å². The average molecular weight is 556 g/mol. The number of hydrogen-bond donors (Lipinski definition) is 1. The van der Waals surface area contributed by atoms with E-state index in [1.54, 1.807) is 20.1 Å². The molecule has 2 saturated heterocycles. The fraction of sp³-hybridized carbons (Fsp3) is 0.613. The Morgan fingerprint density at radius 1 is 1.30 bits per heavy atom.